The van der Waals surface area contributed by atoms with Crippen LogP contribution >= 0.6 is 0 Å². The number of rotatable bonds is 3. The van der Waals surface area contributed by atoms with E-state index in [1.54, 1.807) is 0 Å². The SMILES string of the molecule is O=C(NCc1ccc(C(F)(F)F)cc1)C1CC2(CC2)CN1.O=C(O)C(F)(F)F. The zero-order valence-corrected chi connectivity index (χ0v) is 14.5. The Morgan fingerprint density at radius 2 is 1.64 bits per heavy atom. The van der Waals surface area contributed by atoms with E-state index in [0.29, 0.717) is 11.0 Å². The average molecular weight is 412 g/mol. The molecule has 156 valence electrons. The summed E-state index contributed by atoms with van der Waals surface area (Å²) in [6.07, 6.45) is -6.18. The maximum Gasteiger partial charge on any atom is 0.490 e. The van der Waals surface area contributed by atoms with Gasteiger partial charge in [-0.3, -0.25) is 4.79 Å². The second-order valence-corrected chi connectivity index (χ2v) is 6.85. The Morgan fingerprint density at radius 1 is 1.11 bits per heavy atom. The molecule has 28 heavy (non-hydrogen) atoms. The van der Waals surface area contributed by atoms with Gasteiger partial charge in [-0.2, -0.15) is 26.3 Å². The van der Waals surface area contributed by atoms with E-state index in [0.717, 1.165) is 25.1 Å². The molecule has 1 saturated heterocycles. The average Bonchev–Trinajstić information content (AvgIpc) is 3.21. The first-order valence-electron chi connectivity index (χ1n) is 8.30. The third kappa shape index (κ3) is 6.11. The van der Waals surface area contributed by atoms with Crippen molar-refractivity contribution in [2.75, 3.05) is 6.54 Å². The molecule has 3 N–H and O–H groups in total. The highest BCUT2D eigenvalue weighted by Crippen LogP contribution is 2.51. The third-order valence-electron chi connectivity index (χ3n) is 4.62. The monoisotopic (exact) mass is 412 g/mol. The summed E-state index contributed by atoms with van der Waals surface area (Å²) in [7, 11) is 0. The zero-order valence-electron chi connectivity index (χ0n) is 14.5. The van der Waals surface area contributed by atoms with Crippen LogP contribution in [0.15, 0.2) is 24.3 Å². The standard InChI is InChI=1S/C15H17F3N2O.C2HF3O2/c16-15(17,18)11-3-1-10(2-4-11)8-19-13(21)12-7-14(5-6-14)9-20-12;3-2(4,5)1(6)7/h1-4,12,20H,5-9H2,(H,19,21);(H,6,7). The summed E-state index contributed by atoms with van der Waals surface area (Å²) in [5.41, 5.74) is 0.331. The lowest BCUT2D eigenvalue weighted by molar-refractivity contribution is -0.192. The fourth-order valence-corrected chi connectivity index (χ4v) is 2.78. The van der Waals surface area contributed by atoms with Crippen molar-refractivity contribution in [2.24, 2.45) is 5.41 Å². The summed E-state index contributed by atoms with van der Waals surface area (Å²) < 4.78 is 69.1. The van der Waals surface area contributed by atoms with Crippen LogP contribution in [-0.4, -0.2) is 35.7 Å². The van der Waals surface area contributed by atoms with Crippen molar-refractivity contribution < 1.29 is 41.0 Å². The highest BCUT2D eigenvalue weighted by atomic mass is 19.4. The van der Waals surface area contributed by atoms with Crippen molar-refractivity contribution in [3.8, 4) is 0 Å². The number of nitrogens with one attached hydrogen (secondary N) is 2. The second-order valence-electron chi connectivity index (χ2n) is 6.85. The number of carboxylic acids is 1. The molecule has 1 unspecified atom stereocenters. The highest BCUT2D eigenvalue weighted by molar-refractivity contribution is 5.82. The van der Waals surface area contributed by atoms with Gasteiger partial charge in [0, 0.05) is 13.1 Å². The molecule has 2 fully saturated rings. The molecule has 5 nitrogen and oxygen atoms in total. The number of hydrogen-bond acceptors (Lipinski definition) is 3. The van der Waals surface area contributed by atoms with Crippen molar-refractivity contribution in [1.29, 1.82) is 0 Å². The van der Waals surface area contributed by atoms with E-state index in [2.05, 4.69) is 10.6 Å². The van der Waals surface area contributed by atoms with Crippen LogP contribution in [0.25, 0.3) is 0 Å². The number of amides is 1. The van der Waals surface area contributed by atoms with Gasteiger partial charge in [-0.05, 0) is 42.4 Å². The van der Waals surface area contributed by atoms with Gasteiger partial charge in [0.1, 0.15) is 0 Å². The molecule has 1 atom stereocenters. The number of carbonyl (C=O) groups is 2. The maximum absolute atomic E-state index is 12.4. The van der Waals surface area contributed by atoms with Gasteiger partial charge >= 0.3 is 18.3 Å². The van der Waals surface area contributed by atoms with Gasteiger partial charge in [-0.1, -0.05) is 12.1 Å². The van der Waals surface area contributed by atoms with Gasteiger partial charge in [0.05, 0.1) is 11.6 Å². The number of hydrogen-bond donors (Lipinski definition) is 3. The highest BCUT2D eigenvalue weighted by Gasteiger charge is 2.49. The van der Waals surface area contributed by atoms with Crippen molar-refractivity contribution in [1.82, 2.24) is 10.6 Å². The molecule has 1 saturated carbocycles. The molecule has 1 amide bonds. The van der Waals surface area contributed by atoms with Crippen LogP contribution in [0.3, 0.4) is 0 Å². The molecule has 0 bridgehead atoms. The summed E-state index contributed by atoms with van der Waals surface area (Å²) >= 11 is 0. The Labute approximate surface area is 156 Å². The fraction of sp³-hybridized carbons (Fsp3) is 0.529. The minimum Gasteiger partial charge on any atom is -0.475 e. The largest absolute Gasteiger partial charge is 0.490 e. The van der Waals surface area contributed by atoms with Crippen LogP contribution in [0, 0.1) is 5.41 Å². The molecule has 0 radical (unpaired) electrons. The van der Waals surface area contributed by atoms with E-state index in [4.69, 9.17) is 9.90 Å². The van der Waals surface area contributed by atoms with Gasteiger partial charge < -0.3 is 15.7 Å². The van der Waals surface area contributed by atoms with Crippen LogP contribution in [0.5, 0.6) is 0 Å². The molecule has 1 aliphatic carbocycles. The molecule has 3 rings (SSSR count). The fourth-order valence-electron chi connectivity index (χ4n) is 2.78. The van der Waals surface area contributed by atoms with Crippen molar-refractivity contribution >= 4 is 11.9 Å². The van der Waals surface area contributed by atoms with Crippen LogP contribution in [0.4, 0.5) is 26.3 Å². The van der Waals surface area contributed by atoms with Gasteiger partial charge in [-0.15, -0.1) is 0 Å². The minimum atomic E-state index is -5.08. The minimum absolute atomic E-state index is 0.0707. The molecule has 1 spiro atoms. The molecule has 1 heterocycles. The smallest absolute Gasteiger partial charge is 0.475 e. The topological polar surface area (TPSA) is 78.4 Å². The first kappa shape index (κ1) is 22.0. The number of carbonyl (C=O) groups excluding carboxylic acids is 1. The van der Waals surface area contributed by atoms with Gasteiger partial charge in [0.15, 0.2) is 0 Å². The normalized spacial score (nSPS) is 20.3. The predicted molar refractivity (Wildman–Crippen MR) is 85.1 cm³/mol. The Morgan fingerprint density at radius 3 is 2.04 bits per heavy atom. The van der Waals surface area contributed by atoms with E-state index in [-0.39, 0.29) is 18.5 Å². The van der Waals surface area contributed by atoms with Crippen LogP contribution in [0.1, 0.15) is 30.4 Å². The number of carboxylic acid groups (broad SMARTS) is 1. The molecular weight excluding hydrogens is 394 g/mol. The van der Waals surface area contributed by atoms with E-state index in [1.807, 2.05) is 0 Å². The first-order chi connectivity index (χ1) is 12.8. The zero-order chi connectivity index (χ0) is 21.2. The molecular formula is C17H18F6N2O3. The lowest BCUT2D eigenvalue weighted by Gasteiger charge is -2.12. The Bertz CT molecular complexity index is 711. The number of alkyl halides is 6. The molecule has 1 aliphatic heterocycles. The second kappa shape index (κ2) is 7.98. The van der Waals surface area contributed by atoms with Crippen molar-refractivity contribution in [3.05, 3.63) is 35.4 Å². The van der Waals surface area contributed by atoms with Gasteiger partial charge in [0.2, 0.25) is 5.91 Å². The van der Waals surface area contributed by atoms with Crippen LogP contribution < -0.4 is 10.6 Å². The van der Waals surface area contributed by atoms with E-state index in [1.165, 1.54) is 25.0 Å². The van der Waals surface area contributed by atoms with E-state index in [9.17, 15) is 31.1 Å². The molecule has 11 heteroatoms. The lowest BCUT2D eigenvalue weighted by Crippen LogP contribution is -2.40. The summed E-state index contributed by atoms with van der Waals surface area (Å²) in [4.78, 5) is 20.9. The molecule has 1 aromatic carbocycles. The Hall–Kier alpha value is -2.30. The maximum atomic E-state index is 12.4. The van der Waals surface area contributed by atoms with Crippen LogP contribution in [-0.2, 0) is 22.3 Å². The Balaban J connectivity index is 0.000000345. The van der Waals surface area contributed by atoms with Crippen molar-refractivity contribution in [2.45, 2.75) is 44.2 Å². The quantitative estimate of drug-likeness (QED) is 0.667. The lowest BCUT2D eigenvalue weighted by atomic mass is 10.0. The van der Waals surface area contributed by atoms with Gasteiger partial charge in [-0.25, -0.2) is 4.79 Å². The predicted octanol–water partition coefficient (Wildman–Crippen LogP) is 3.10. The molecule has 0 aromatic heterocycles. The third-order valence-corrected chi connectivity index (χ3v) is 4.62. The van der Waals surface area contributed by atoms with E-state index < -0.39 is 23.9 Å². The summed E-state index contributed by atoms with van der Waals surface area (Å²) in [5.74, 6) is -2.83. The van der Waals surface area contributed by atoms with Gasteiger partial charge in [0.25, 0.3) is 0 Å². The van der Waals surface area contributed by atoms with Crippen molar-refractivity contribution in [3.63, 3.8) is 0 Å². The number of benzene rings is 1. The first-order valence-corrected chi connectivity index (χ1v) is 8.30. The molecule has 1 aromatic rings. The Kier molecular flexibility index (Phi) is 6.27. The summed E-state index contributed by atoms with van der Waals surface area (Å²) in [6, 6.07) is 4.70. The summed E-state index contributed by atoms with van der Waals surface area (Å²) in [5, 5.41) is 13.1. The summed E-state index contributed by atoms with van der Waals surface area (Å²) in [6.45, 7) is 1.15. The number of halogens is 6. The molecule has 2 aliphatic rings. The number of aliphatic carboxylic acids is 1. The van der Waals surface area contributed by atoms with E-state index >= 15 is 0 Å². The van der Waals surface area contributed by atoms with Crippen LogP contribution in [0.2, 0.25) is 0 Å².